The summed E-state index contributed by atoms with van der Waals surface area (Å²) in [5.74, 6) is -0.835. The van der Waals surface area contributed by atoms with Gasteiger partial charge in [-0.2, -0.15) is 0 Å². The number of nitrogens with one attached hydrogen (secondary N) is 1. The average molecular weight is 290 g/mol. The summed E-state index contributed by atoms with van der Waals surface area (Å²) >= 11 is 0. The van der Waals surface area contributed by atoms with Gasteiger partial charge in [-0.15, -0.1) is 0 Å². The van der Waals surface area contributed by atoms with Crippen molar-refractivity contribution in [1.82, 2.24) is 4.72 Å². The standard InChI is InChI=1S/C12H19FN2O3S/c1-3-9(4-5-16)15-19(17,18)12-7-11(14)8(2)6-10(12)13/h6-7,9,15-16H,3-5,14H2,1-2H3. The maximum Gasteiger partial charge on any atom is 0.243 e. The normalized spacial score (nSPS) is 13.5. The summed E-state index contributed by atoms with van der Waals surface area (Å²) in [7, 11) is -3.98. The largest absolute Gasteiger partial charge is 0.398 e. The number of nitrogens with two attached hydrogens (primary N) is 1. The van der Waals surface area contributed by atoms with Crippen LogP contribution in [0, 0.1) is 12.7 Å². The second-order valence-corrected chi connectivity index (χ2v) is 6.06. The van der Waals surface area contributed by atoms with Crippen LogP contribution >= 0.6 is 0 Å². The quantitative estimate of drug-likeness (QED) is 0.685. The van der Waals surface area contributed by atoms with Gasteiger partial charge in [-0.3, -0.25) is 0 Å². The molecule has 0 amide bonds. The molecule has 1 atom stereocenters. The molecule has 0 fully saturated rings. The third-order valence-corrected chi connectivity index (χ3v) is 4.44. The number of aryl methyl sites for hydroxylation is 1. The molecule has 0 heterocycles. The van der Waals surface area contributed by atoms with Gasteiger partial charge in [-0.05, 0) is 37.5 Å². The van der Waals surface area contributed by atoms with Crippen molar-refractivity contribution in [2.75, 3.05) is 12.3 Å². The summed E-state index contributed by atoms with van der Waals surface area (Å²) in [5, 5.41) is 8.84. The lowest BCUT2D eigenvalue weighted by molar-refractivity contribution is 0.270. The molecular weight excluding hydrogens is 271 g/mol. The molecule has 0 saturated carbocycles. The SMILES string of the molecule is CCC(CCO)NS(=O)(=O)c1cc(N)c(C)cc1F. The van der Waals surface area contributed by atoms with Crippen molar-refractivity contribution in [3.63, 3.8) is 0 Å². The van der Waals surface area contributed by atoms with E-state index in [0.717, 1.165) is 12.1 Å². The van der Waals surface area contributed by atoms with Crippen LogP contribution in [0.15, 0.2) is 17.0 Å². The van der Waals surface area contributed by atoms with E-state index in [-0.39, 0.29) is 18.7 Å². The lowest BCUT2D eigenvalue weighted by Gasteiger charge is -2.16. The minimum absolute atomic E-state index is 0.139. The number of hydrogen-bond donors (Lipinski definition) is 3. The van der Waals surface area contributed by atoms with Crippen LogP contribution in [-0.4, -0.2) is 26.2 Å². The van der Waals surface area contributed by atoms with Gasteiger partial charge in [0.05, 0.1) is 0 Å². The van der Waals surface area contributed by atoms with Gasteiger partial charge in [0.25, 0.3) is 0 Å². The minimum Gasteiger partial charge on any atom is -0.398 e. The topological polar surface area (TPSA) is 92.4 Å². The van der Waals surface area contributed by atoms with Crippen molar-refractivity contribution in [2.45, 2.75) is 37.6 Å². The van der Waals surface area contributed by atoms with Gasteiger partial charge in [0, 0.05) is 18.3 Å². The maximum absolute atomic E-state index is 13.7. The molecule has 1 rings (SSSR count). The zero-order valence-corrected chi connectivity index (χ0v) is 11.8. The molecule has 0 aromatic heterocycles. The van der Waals surface area contributed by atoms with E-state index in [1.54, 1.807) is 13.8 Å². The van der Waals surface area contributed by atoms with E-state index in [9.17, 15) is 12.8 Å². The molecule has 0 aliphatic carbocycles. The molecule has 5 nitrogen and oxygen atoms in total. The Kier molecular flexibility index (Phi) is 5.28. The molecule has 0 bridgehead atoms. The fourth-order valence-corrected chi connectivity index (χ4v) is 3.11. The zero-order valence-electron chi connectivity index (χ0n) is 11.0. The summed E-state index contributed by atoms with van der Waals surface area (Å²) in [5.41, 5.74) is 6.31. The van der Waals surface area contributed by atoms with Crippen LogP contribution in [-0.2, 0) is 10.0 Å². The number of aliphatic hydroxyl groups is 1. The van der Waals surface area contributed by atoms with Gasteiger partial charge in [-0.1, -0.05) is 6.92 Å². The van der Waals surface area contributed by atoms with Gasteiger partial charge in [-0.25, -0.2) is 17.5 Å². The molecule has 1 unspecified atom stereocenters. The predicted octanol–water partition coefficient (Wildman–Crippen LogP) is 1.16. The van der Waals surface area contributed by atoms with Crippen molar-refractivity contribution in [2.24, 2.45) is 0 Å². The van der Waals surface area contributed by atoms with Crippen LogP contribution in [0.1, 0.15) is 25.3 Å². The first kappa shape index (κ1) is 15.9. The summed E-state index contributed by atoms with van der Waals surface area (Å²) in [6, 6.07) is 1.77. The monoisotopic (exact) mass is 290 g/mol. The second-order valence-electron chi connectivity index (χ2n) is 4.38. The van der Waals surface area contributed by atoms with Gasteiger partial charge >= 0.3 is 0 Å². The molecule has 4 N–H and O–H groups in total. The number of benzene rings is 1. The van der Waals surface area contributed by atoms with Gasteiger partial charge < -0.3 is 10.8 Å². The number of hydrogen-bond acceptors (Lipinski definition) is 4. The van der Waals surface area contributed by atoms with Crippen LogP contribution in [0.2, 0.25) is 0 Å². The fourth-order valence-electron chi connectivity index (χ4n) is 1.66. The van der Waals surface area contributed by atoms with Gasteiger partial charge in [0.15, 0.2) is 0 Å². The number of aliphatic hydroxyl groups excluding tert-OH is 1. The Morgan fingerprint density at radius 2 is 2.11 bits per heavy atom. The summed E-state index contributed by atoms with van der Waals surface area (Å²) in [6.45, 7) is 3.24. The molecule has 7 heteroatoms. The average Bonchev–Trinajstić information content (AvgIpc) is 2.32. The molecule has 19 heavy (non-hydrogen) atoms. The minimum atomic E-state index is -3.98. The van der Waals surface area contributed by atoms with Crippen LogP contribution in [0.5, 0.6) is 0 Å². The molecule has 108 valence electrons. The molecular formula is C12H19FN2O3S. The maximum atomic E-state index is 13.7. The van der Waals surface area contributed by atoms with Crippen molar-refractivity contribution in [3.8, 4) is 0 Å². The first-order valence-electron chi connectivity index (χ1n) is 6.00. The molecule has 0 aliphatic heterocycles. The molecule has 1 aromatic carbocycles. The highest BCUT2D eigenvalue weighted by Crippen LogP contribution is 2.21. The van der Waals surface area contributed by atoms with Crippen molar-refractivity contribution in [3.05, 3.63) is 23.5 Å². The number of rotatable bonds is 6. The van der Waals surface area contributed by atoms with Crippen molar-refractivity contribution < 1.29 is 17.9 Å². The Morgan fingerprint density at radius 3 is 2.63 bits per heavy atom. The number of halogens is 1. The number of anilines is 1. The van der Waals surface area contributed by atoms with Gasteiger partial charge in [0.1, 0.15) is 10.7 Å². The van der Waals surface area contributed by atoms with Crippen molar-refractivity contribution >= 4 is 15.7 Å². The second kappa shape index (κ2) is 6.31. The van der Waals surface area contributed by atoms with E-state index in [1.165, 1.54) is 0 Å². The Labute approximate surface area is 112 Å². The highest BCUT2D eigenvalue weighted by Gasteiger charge is 2.23. The van der Waals surface area contributed by atoms with E-state index in [4.69, 9.17) is 10.8 Å². The van der Waals surface area contributed by atoms with Crippen LogP contribution in [0.3, 0.4) is 0 Å². The van der Waals surface area contributed by atoms with E-state index >= 15 is 0 Å². The summed E-state index contributed by atoms with van der Waals surface area (Å²) in [6.07, 6.45) is 0.779. The van der Waals surface area contributed by atoms with E-state index in [2.05, 4.69) is 4.72 Å². The van der Waals surface area contributed by atoms with Crippen LogP contribution in [0.25, 0.3) is 0 Å². The van der Waals surface area contributed by atoms with E-state index in [1.807, 2.05) is 0 Å². The Hall–Kier alpha value is -1.18. The third kappa shape index (κ3) is 3.89. The smallest absolute Gasteiger partial charge is 0.243 e. The van der Waals surface area contributed by atoms with Gasteiger partial charge in [0.2, 0.25) is 10.0 Å². The first-order valence-corrected chi connectivity index (χ1v) is 7.49. The van der Waals surface area contributed by atoms with E-state index in [0.29, 0.717) is 12.0 Å². The lowest BCUT2D eigenvalue weighted by Crippen LogP contribution is -2.35. The van der Waals surface area contributed by atoms with Crippen molar-refractivity contribution in [1.29, 1.82) is 0 Å². The number of nitrogen functional groups attached to an aromatic ring is 1. The Balaban J connectivity index is 3.10. The Morgan fingerprint density at radius 1 is 1.47 bits per heavy atom. The molecule has 0 saturated heterocycles. The lowest BCUT2D eigenvalue weighted by atomic mass is 10.2. The number of sulfonamides is 1. The molecule has 0 aliphatic rings. The predicted molar refractivity (Wildman–Crippen MR) is 71.7 cm³/mol. The highest BCUT2D eigenvalue weighted by molar-refractivity contribution is 7.89. The molecule has 1 aromatic rings. The first-order chi connectivity index (χ1) is 8.81. The Bertz CT molecular complexity index is 546. The molecule has 0 spiro atoms. The zero-order chi connectivity index (χ0) is 14.6. The third-order valence-electron chi connectivity index (χ3n) is 2.90. The summed E-state index contributed by atoms with van der Waals surface area (Å²) < 4.78 is 40.3. The van der Waals surface area contributed by atoms with Crippen LogP contribution in [0.4, 0.5) is 10.1 Å². The highest BCUT2D eigenvalue weighted by atomic mass is 32.2. The summed E-state index contributed by atoms with van der Waals surface area (Å²) in [4.78, 5) is -0.466. The fraction of sp³-hybridized carbons (Fsp3) is 0.500. The van der Waals surface area contributed by atoms with E-state index < -0.39 is 26.8 Å². The van der Waals surface area contributed by atoms with Crippen LogP contribution < -0.4 is 10.5 Å². The molecule has 0 radical (unpaired) electrons.